The van der Waals surface area contributed by atoms with Gasteiger partial charge < -0.3 is 21.7 Å². The van der Waals surface area contributed by atoms with Gasteiger partial charge in [0.15, 0.2) is 5.69 Å². The number of carbonyl (C=O) groups excluding carboxylic acids is 1. The third-order valence-corrected chi connectivity index (χ3v) is 6.61. The number of piperidine rings is 1. The third kappa shape index (κ3) is 4.44. The highest BCUT2D eigenvalue weighted by Gasteiger charge is 2.23. The van der Waals surface area contributed by atoms with Crippen LogP contribution < -0.4 is 21.7 Å². The quantitative estimate of drug-likeness (QED) is 0.483. The van der Waals surface area contributed by atoms with Crippen LogP contribution >= 0.6 is 38.9 Å². The molecule has 1 fully saturated rings. The maximum absolute atomic E-state index is 13.0. The lowest BCUT2D eigenvalue weighted by Crippen LogP contribution is -2.43. The van der Waals surface area contributed by atoms with E-state index in [-0.39, 0.29) is 11.7 Å². The Bertz CT molecular complexity index is 1090. The molecule has 0 bridgehead atoms. The van der Waals surface area contributed by atoms with Gasteiger partial charge in [0.2, 0.25) is 0 Å². The summed E-state index contributed by atoms with van der Waals surface area (Å²) in [5, 5.41) is 4.35. The standard InChI is InChI=1S/C20H20BrClN6OS/c21-11-3-4-14(22)13(8-11)20-27-17(18(24)30-20)19(29)26-15-9-25-6-5-16(15)28-7-1-2-12(23)10-28/h3-6,8-9,12H,1-2,7,10,23-24H2,(H,26,29). The molecule has 1 aliphatic heterocycles. The van der Waals surface area contributed by atoms with Gasteiger partial charge in [-0.2, -0.15) is 0 Å². The number of benzene rings is 1. The molecule has 0 radical (unpaired) electrons. The molecule has 0 spiro atoms. The predicted octanol–water partition coefficient (Wildman–Crippen LogP) is 4.38. The molecule has 1 atom stereocenters. The summed E-state index contributed by atoms with van der Waals surface area (Å²) < 4.78 is 0.862. The van der Waals surface area contributed by atoms with Gasteiger partial charge in [0.05, 0.1) is 22.6 Å². The lowest BCUT2D eigenvalue weighted by atomic mass is 10.1. The van der Waals surface area contributed by atoms with E-state index in [4.69, 9.17) is 23.1 Å². The number of hydrogen-bond donors (Lipinski definition) is 3. The number of pyridine rings is 1. The minimum Gasteiger partial charge on any atom is -0.389 e. The van der Waals surface area contributed by atoms with Crippen LogP contribution in [0.25, 0.3) is 10.6 Å². The van der Waals surface area contributed by atoms with E-state index in [1.54, 1.807) is 18.5 Å². The Labute approximate surface area is 191 Å². The van der Waals surface area contributed by atoms with E-state index in [0.717, 1.165) is 36.1 Å². The first-order valence-corrected chi connectivity index (χ1v) is 11.4. The van der Waals surface area contributed by atoms with Gasteiger partial charge in [-0.3, -0.25) is 9.78 Å². The van der Waals surface area contributed by atoms with Gasteiger partial charge in [-0.05, 0) is 37.1 Å². The Morgan fingerprint density at radius 1 is 1.37 bits per heavy atom. The number of nitrogens with two attached hydrogens (primary N) is 2. The van der Waals surface area contributed by atoms with E-state index >= 15 is 0 Å². The van der Waals surface area contributed by atoms with E-state index in [9.17, 15) is 4.79 Å². The van der Waals surface area contributed by atoms with E-state index < -0.39 is 5.91 Å². The Balaban J connectivity index is 1.60. The summed E-state index contributed by atoms with van der Waals surface area (Å²) in [6, 6.07) is 7.45. The molecule has 1 amide bonds. The molecule has 3 aromatic rings. The molecular weight excluding hydrogens is 488 g/mol. The number of aromatic nitrogens is 2. The van der Waals surface area contributed by atoms with Crippen molar-refractivity contribution in [2.45, 2.75) is 18.9 Å². The number of nitrogens with zero attached hydrogens (tertiary/aromatic N) is 3. The van der Waals surface area contributed by atoms with Gasteiger partial charge in [-0.1, -0.05) is 38.9 Å². The van der Waals surface area contributed by atoms with Crippen LogP contribution in [0.3, 0.4) is 0 Å². The highest BCUT2D eigenvalue weighted by molar-refractivity contribution is 9.10. The highest BCUT2D eigenvalue weighted by atomic mass is 79.9. The summed E-state index contributed by atoms with van der Waals surface area (Å²) in [5.74, 6) is -0.392. The molecule has 4 rings (SSSR count). The van der Waals surface area contributed by atoms with Crippen LogP contribution in [0.1, 0.15) is 23.3 Å². The number of halogens is 2. The van der Waals surface area contributed by atoms with Crippen LogP contribution in [0.4, 0.5) is 16.4 Å². The molecule has 0 aliphatic carbocycles. The molecule has 156 valence electrons. The topological polar surface area (TPSA) is 110 Å². The van der Waals surface area contributed by atoms with Gasteiger partial charge in [-0.25, -0.2) is 4.98 Å². The van der Waals surface area contributed by atoms with Crippen LogP contribution in [-0.4, -0.2) is 35.0 Å². The Hall–Kier alpha value is -2.20. The average Bonchev–Trinajstić information content (AvgIpc) is 3.12. The molecule has 0 saturated carbocycles. The SMILES string of the molecule is Nc1sc(-c2cc(Br)ccc2Cl)nc1C(=O)Nc1cnccc1N1CCCC(N)C1. The monoisotopic (exact) mass is 506 g/mol. The molecule has 10 heteroatoms. The van der Waals surface area contributed by atoms with Gasteiger partial charge >= 0.3 is 0 Å². The highest BCUT2D eigenvalue weighted by Crippen LogP contribution is 2.36. The first-order chi connectivity index (χ1) is 14.4. The van der Waals surface area contributed by atoms with E-state index in [1.165, 1.54) is 11.3 Å². The van der Waals surface area contributed by atoms with Crippen molar-refractivity contribution < 1.29 is 4.79 Å². The maximum atomic E-state index is 13.0. The summed E-state index contributed by atoms with van der Waals surface area (Å²) >= 11 is 10.9. The number of rotatable bonds is 4. The Kier molecular flexibility index (Phi) is 6.24. The lowest BCUT2D eigenvalue weighted by Gasteiger charge is -2.33. The first kappa shape index (κ1) is 21.0. The Morgan fingerprint density at radius 3 is 3.00 bits per heavy atom. The molecule has 7 nitrogen and oxygen atoms in total. The minimum absolute atomic E-state index is 0.113. The minimum atomic E-state index is -0.392. The molecule has 1 aromatic carbocycles. The normalized spacial score (nSPS) is 16.5. The fourth-order valence-corrected chi connectivity index (χ4v) is 4.92. The second kappa shape index (κ2) is 8.89. The smallest absolute Gasteiger partial charge is 0.277 e. The summed E-state index contributed by atoms with van der Waals surface area (Å²) in [7, 11) is 0. The van der Waals surface area contributed by atoms with Crippen LogP contribution in [0.2, 0.25) is 5.02 Å². The number of thiazole rings is 1. The van der Waals surface area contributed by atoms with Crippen molar-refractivity contribution in [3.8, 4) is 10.6 Å². The van der Waals surface area contributed by atoms with Gasteiger partial charge in [0.25, 0.3) is 5.91 Å². The molecule has 1 unspecified atom stereocenters. The zero-order valence-corrected chi connectivity index (χ0v) is 19.1. The number of anilines is 3. The van der Waals surface area contributed by atoms with Crippen LogP contribution in [0.15, 0.2) is 41.1 Å². The van der Waals surface area contributed by atoms with Crippen molar-refractivity contribution >= 4 is 61.2 Å². The molecule has 2 aromatic heterocycles. The zero-order chi connectivity index (χ0) is 21.3. The molecular formula is C20H20BrClN6OS. The molecule has 1 aliphatic rings. The fourth-order valence-electron chi connectivity index (χ4n) is 3.44. The van der Waals surface area contributed by atoms with Crippen LogP contribution in [-0.2, 0) is 0 Å². The third-order valence-electron chi connectivity index (χ3n) is 4.87. The number of nitrogens with one attached hydrogen (secondary N) is 1. The van der Waals surface area contributed by atoms with E-state index in [2.05, 4.69) is 36.1 Å². The van der Waals surface area contributed by atoms with Crippen molar-refractivity contribution in [2.24, 2.45) is 5.73 Å². The second-order valence-electron chi connectivity index (χ2n) is 7.05. The second-order valence-corrected chi connectivity index (χ2v) is 9.40. The van der Waals surface area contributed by atoms with Crippen molar-refractivity contribution in [3.63, 3.8) is 0 Å². The predicted molar refractivity (Wildman–Crippen MR) is 126 cm³/mol. The van der Waals surface area contributed by atoms with Gasteiger partial charge in [0, 0.05) is 35.4 Å². The summed E-state index contributed by atoms with van der Waals surface area (Å²) in [6.45, 7) is 1.61. The van der Waals surface area contributed by atoms with Crippen LogP contribution in [0.5, 0.6) is 0 Å². The van der Waals surface area contributed by atoms with Crippen molar-refractivity contribution in [1.29, 1.82) is 0 Å². The lowest BCUT2D eigenvalue weighted by molar-refractivity contribution is 0.102. The summed E-state index contributed by atoms with van der Waals surface area (Å²) in [5.41, 5.74) is 14.6. The maximum Gasteiger partial charge on any atom is 0.277 e. The van der Waals surface area contributed by atoms with Crippen molar-refractivity contribution in [2.75, 3.05) is 29.0 Å². The van der Waals surface area contributed by atoms with Crippen molar-refractivity contribution in [3.05, 3.63) is 51.8 Å². The summed E-state index contributed by atoms with van der Waals surface area (Å²) in [4.78, 5) is 23.8. The first-order valence-electron chi connectivity index (χ1n) is 9.40. The molecule has 30 heavy (non-hydrogen) atoms. The van der Waals surface area contributed by atoms with Gasteiger partial charge in [-0.15, -0.1) is 0 Å². The zero-order valence-electron chi connectivity index (χ0n) is 15.9. The van der Waals surface area contributed by atoms with Gasteiger partial charge in [0.1, 0.15) is 10.0 Å². The Morgan fingerprint density at radius 2 is 2.20 bits per heavy atom. The molecule has 1 saturated heterocycles. The number of nitrogen functional groups attached to an aromatic ring is 1. The fraction of sp³-hybridized carbons (Fsp3) is 0.250. The van der Waals surface area contributed by atoms with Crippen molar-refractivity contribution in [1.82, 2.24) is 9.97 Å². The van der Waals surface area contributed by atoms with Crippen LogP contribution in [0, 0.1) is 0 Å². The average molecular weight is 508 g/mol. The molecule has 5 N–H and O–H groups in total. The number of carbonyl (C=O) groups is 1. The number of amides is 1. The van der Waals surface area contributed by atoms with E-state index in [0.29, 0.717) is 26.3 Å². The number of hydrogen-bond acceptors (Lipinski definition) is 7. The largest absolute Gasteiger partial charge is 0.389 e. The molecule has 3 heterocycles. The summed E-state index contributed by atoms with van der Waals surface area (Å²) in [6.07, 6.45) is 5.34. The van der Waals surface area contributed by atoms with E-state index in [1.807, 2.05) is 18.2 Å².